The van der Waals surface area contributed by atoms with Crippen molar-refractivity contribution in [3.63, 3.8) is 0 Å². The number of nitrogens with two attached hydrogens (primary N) is 1. The van der Waals surface area contributed by atoms with Gasteiger partial charge in [-0.25, -0.2) is 17.9 Å². The molecule has 1 rings (SSSR count). The third-order valence-electron chi connectivity index (χ3n) is 3.46. The average molecular weight is 346 g/mol. The standard InChI is InChI=1S/C15H26N2O5S/c1-6-11-13(7-12(22-11)14(18)21-5)23(19,20)17-15(4,9-16)8-10(2)3/h7,10,17H,6,8-9,16H2,1-5H3. The molecule has 7 nitrogen and oxygen atoms in total. The van der Waals surface area contributed by atoms with Crippen LogP contribution in [0.5, 0.6) is 0 Å². The van der Waals surface area contributed by atoms with E-state index in [0.29, 0.717) is 12.8 Å². The van der Waals surface area contributed by atoms with Crippen LogP contribution in [-0.4, -0.2) is 33.6 Å². The summed E-state index contributed by atoms with van der Waals surface area (Å²) < 4.78 is 37.9. The summed E-state index contributed by atoms with van der Waals surface area (Å²) in [6.45, 7) is 7.65. The number of carbonyl (C=O) groups excluding carboxylic acids is 1. The lowest BCUT2D eigenvalue weighted by molar-refractivity contribution is 0.0563. The second kappa shape index (κ2) is 7.46. The molecule has 23 heavy (non-hydrogen) atoms. The molecule has 0 saturated carbocycles. The zero-order chi connectivity index (χ0) is 17.8. The van der Waals surface area contributed by atoms with E-state index in [0.717, 1.165) is 0 Å². The zero-order valence-corrected chi connectivity index (χ0v) is 15.1. The molecule has 1 atom stereocenters. The number of sulfonamides is 1. The van der Waals surface area contributed by atoms with Crippen LogP contribution < -0.4 is 10.5 Å². The first-order chi connectivity index (χ1) is 10.6. The number of esters is 1. The van der Waals surface area contributed by atoms with Crippen molar-refractivity contribution in [3.8, 4) is 0 Å². The number of nitrogens with one attached hydrogen (secondary N) is 1. The van der Waals surface area contributed by atoms with Crippen molar-refractivity contribution in [1.29, 1.82) is 0 Å². The molecule has 0 aliphatic rings. The lowest BCUT2D eigenvalue weighted by Crippen LogP contribution is -2.52. The first-order valence-corrected chi connectivity index (χ1v) is 9.02. The molecule has 0 aliphatic carbocycles. The van der Waals surface area contributed by atoms with E-state index in [1.807, 2.05) is 13.8 Å². The number of rotatable bonds is 8. The van der Waals surface area contributed by atoms with Crippen LogP contribution in [0.15, 0.2) is 15.4 Å². The Labute approximate surface area is 137 Å². The second-order valence-electron chi connectivity index (χ2n) is 6.21. The van der Waals surface area contributed by atoms with Gasteiger partial charge in [0.05, 0.1) is 7.11 Å². The summed E-state index contributed by atoms with van der Waals surface area (Å²) in [4.78, 5) is 11.5. The molecule has 3 N–H and O–H groups in total. The highest BCUT2D eigenvalue weighted by Crippen LogP contribution is 2.25. The van der Waals surface area contributed by atoms with E-state index in [-0.39, 0.29) is 28.9 Å². The molecule has 1 heterocycles. The van der Waals surface area contributed by atoms with Crippen LogP contribution in [0.4, 0.5) is 0 Å². The number of carbonyl (C=O) groups is 1. The lowest BCUT2D eigenvalue weighted by atomic mass is 9.92. The van der Waals surface area contributed by atoms with E-state index in [2.05, 4.69) is 9.46 Å². The fourth-order valence-electron chi connectivity index (χ4n) is 2.53. The number of methoxy groups -OCH3 is 1. The van der Waals surface area contributed by atoms with Crippen molar-refractivity contribution in [2.75, 3.05) is 13.7 Å². The summed E-state index contributed by atoms with van der Waals surface area (Å²) in [7, 11) is -2.67. The quantitative estimate of drug-likeness (QED) is 0.693. The van der Waals surface area contributed by atoms with Crippen LogP contribution in [-0.2, 0) is 21.2 Å². The van der Waals surface area contributed by atoms with Crippen molar-refractivity contribution in [2.24, 2.45) is 11.7 Å². The monoisotopic (exact) mass is 346 g/mol. The SMILES string of the molecule is CCc1oc(C(=O)OC)cc1S(=O)(=O)NC(C)(CN)CC(C)C. The maximum Gasteiger partial charge on any atom is 0.373 e. The van der Waals surface area contributed by atoms with E-state index in [4.69, 9.17) is 10.2 Å². The van der Waals surface area contributed by atoms with E-state index in [1.165, 1.54) is 13.2 Å². The van der Waals surface area contributed by atoms with Gasteiger partial charge in [0.2, 0.25) is 15.8 Å². The molecular formula is C15H26N2O5S. The molecule has 0 bridgehead atoms. The predicted molar refractivity (Wildman–Crippen MR) is 86.7 cm³/mol. The first kappa shape index (κ1) is 19.7. The molecule has 1 unspecified atom stereocenters. The summed E-state index contributed by atoms with van der Waals surface area (Å²) in [5.41, 5.74) is 4.98. The molecule has 132 valence electrons. The summed E-state index contributed by atoms with van der Waals surface area (Å²) >= 11 is 0. The van der Waals surface area contributed by atoms with Gasteiger partial charge in [0.1, 0.15) is 10.7 Å². The number of hydrogen-bond donors (Lipinski definition) is 2. The molecule has 1 aromatic rings. The van der Waals surface area contributed by atoms with E-state index in [9.17, 15) is 13.2 Å². The van der Waals surface area contributed by atoms with E-state index >= 15 is 0 Å². The molecular weight excluding hydrogens is 320 g/mol. The van der Waals surface area contributed by atoms with Crippen LogP contribution in [0.1, 0.15) is 50.4 Å². The minimum atomic E-state index is -3.87. The van der Waals surface area contributed by atoms with Gasteiger partial charge >= 0.3 is 5.97 Å². The normalized spacial score (nSPS) is 14.7. The largest absolute Gasteiger partial charge is 0.463 e. The number of hydrogen-bond acceptors (Lipinski definition) is 6. The molecule has 8 heteroatoms. The molecule has 0 aliphatic heterocycles. The third kappa shape index (κ3) is 4.79. The van der Waals surface area contributed by atoms with Gasteiger partial charge in [-0.1, -0.05) is 20.8 Å². The Balaban J connectivity index is 3.22. The first-order valence-electron chi connectivity index (χ1n) is 7.53. The summed E-state index contributed by atoms with van der Waals surface area (Å²) in [6, 6.07) is 1.19. The van der Waals surface area contributed by atoms with Crippen LogP contribution in [0.2, 0.25) is 0 Å². The van der Waals surface area contributed by atoms with Crippen molar-refractivity contribution >= 4 is 16.0 Å². The Kier molecular flexibility index (Phi) is 6.38. The number of ether oxygens (including phenoxy) is 1. The van der Waals surface area contributed by atoms with Crippen molar-refractivity contribution in [2.45, 2.75) is 51.0 Å². The maximum absolute atomic E-state index is 12.7. The Hall–Kier alpha value is -1.38. The van der Waals surface area contributed by atoms with Crippen LogP contribution >= 0.6 is 0 Å². The van der Waals surface area contributed by atoms with Crippen molar-refractivity contribution in [1.82, 2.24) is 4.72 Å². The highest BCUT2D eigenvalue weighted by atomic mass is 32.2. The summed E-state index contributed by atoms with van der Waals surface area (Å²) in [6.07, 6.45) is 0.919. The fourth-order valence-corrected chi connectivity index (χ4v) is 4.21. The lowest BCUT2D eigenvalue weighted by Gasteiger charge is -2.30. The summed E-state index contributed by atoms with van der Waals surface area (Å²) in [5.74, 6) is -0.373. The van der Waals surface area contributed by atoms with E-state index < -0.39 is 21.5 Å². The topological polar surface area (TPSA) is 112 Å². The minimum absolute atomic E-state index is 0.0520. The van der Waals surface area contributed by atoms with Gasteiger partial charge < -0.3 is 14.9 Å². The van der Waals surface area contributed by atoms with Crippen LogP contribution in [0.25, 0.3) is 0 Å². The second-order valence-corrected chi connectivity index (χ2v) is 7.86. The fraction of sp³-hybridized carbons (Fsp3) is 0.667. The number of aryl methyl sites for hydroxylation is 1. The van der Waals surface area contributed by atoms with Gasteiger partial charge in [-0.2, -0.15) is 0 Å². The molecule has 0 amide bonds. The highest BCUT2D eigenvalue weighted by molar-refractivity contribution is 7.89. The average Bonchev–Trinajstić information content (AvgIpc) is 2.90. The molecule has 0 spiro atoms. The smallest absolute Gasteiger partial charge is 0.373 e. The molecule has 0 saturated heterocycles. The Bertz CT molecular complexity index is 651. The molecule has 0 aromatic carbocycles. The van der Waals surface area contributed by atoms with Crippen LogP contribution in [0, 0.1) is 5.92 Å². The van der Waals surface area contributed by atoms with Gasteiger partial charge in [-0.05, 0) is 19.3 Å². The molecule has 0 radical (unpaired) electrons. The van der Waals surface area contributed by atoms with Crippen molar-refractivity contribution in [3.05, 3.63) is 17.6 Å². The van der Waals surface area contributed by atoms with Gasteiger partial charge in [-0.15, -0.1) is 0 Å². The van der Waals surface area contributed by atoms with Crippen molar-refractivity contribution < 1.29 is 22.4 Å². The number of furan rings is 1. The van der Waals surface area contributed by atoms with Gasteiger partial charge in [0, 0.05) is 24.6 Å². The Morgan fingerprint density at radius 2 is 2.09 bits per heavy atom. The molecule has 0 fully saturated rings. The Morgan fingerprint density at radius 1 is 1.48 bits per heavy atom. The van der Waals surface area contributed by atoms with Gasteiger partial charge in [0.25, 0.3) is 0 Å². The van der Waals surface area contributed by atoms with Gasteiger partial charge in [-0.3, -0.25) is 0 Å². The summed E-state index contributed by atoms with van der Waals surface area (Å²) in [5, 5.41) is 0. The maximum atomic E-state index is 12.7. The predicted octanol–water partition coefficient (Wildman–Crippen LogP) is 1.67. The van der Waals surface area contributed by atoms with Crippen LogP contribution in [0.3, 0.4) is 0 Å². The van der Waals surface area contributed by atoms with Gasteiger partial charge in [0.15, 0.2) is 0 Å². The molecule has 1 aromatic heterocycles. The third-order valence-corrected chi connectivity index (χ3v) is 5.14. The van der Waals surface area contributed by atoms with E-state index in [1.54, 1.807) is 13.8 Å². The highest BCUT2D eigenvalue weighted by Gasteiger charge is 2.33. The Morgan fingerprint density at radius 3 is 2.52 bits per heavy atom. The zero-order valence-electron chi connectivity index (χ0n) is 14.3. The minimum Gasteiger partial charge on any atom is -0.463 e.